The van der Waals surface area contributed by atoms with Gasteiger partial charge in [0.1, 0.15) is 5.76 Å². The number of carbonyl (C=O) groups is 1. The number of fused-ring (bicyclic) bond motifs is 1. The van der Waals surface area contributed by atoms with E-state index in [2.05, 4.69) is 36.1 Å². The summed E-state index contributed by atoms with van der Waals surface area (Å²) in [4.78, 5) is 14.2. The Hall–Kier alpha value is -2.11. The van der Waals surface area contributed by atoms with E-state index in [4.69, 9.17) is 9.15 Å². The van der Waals surface area contributed by atoms with Crippen LogP contribution in [0.3, 0.4) is 0 Å². The number of carbonyl (C=O) groups excluding carboxylic acids is 1. The van der Waals surface area contributed by atoms with Crippen LogP contribution in [-0.2, 0) is 24.1 Å². The molecular formula is C22H29NO4. The minimum Gasteiger partial charge on any atom is -0.463 e. The third-order valence-electron chi connectivity index (χ3n) is 5.62. The Labute approximate surface area is 160 Å². The first-order chi connectivity index (χ1) is 13.1. The smallest absolute Gasteiger partial charge is 0.374 e. The molecule has 1 unspecified atom stereocenters. The summed E-state index contributed by atoms with van der Waals surface area (Å²) in [6, 6.07) is 10.9. The van der Waals surface area contributed by atoms with E-state index >= 15 is 0 Å². The summed E-state index contributed by atoms with van der Waals surface area (Å²) >= 11 is 0. The molecule has 0 saturated carbocycles. The molecule has 1 aliphatic rings. The molecule has 0 spiro atoms. The maximum absolute atomic E-state index is 11.8. The van der Waals surface area contributed by atoms with E-state index in [-0.39, 0.29) is 18.4 Å². The minimum absolute atomic E-state index is 0.0623. The SMILES string of the molecule is CC[C@@H](CO)N(Cc1cc(C)c(C(=O)OC)o1)C1CCc2ccccc2C1. The summed E-state index contributed by atoms with van der Waals surface area (Å²) in [7, 11) is 1.36. The molecule has 2 aromatic rings. The maximum atomic E-state index is 11.8. The number of esters is 1. The molecule has 2 atom stereocenters. The van der Waals surface area contributed by atoms with Gasteiger partial charge in [-0.25, -0.2) is 4.79 Å². The van der Waals surface area contributed by atoms with Crippen LogP contribution < -0.4 is 0 Å². The Morgan fingerprint density at radius 1 is 1.37 bits per heavy atom. The number of aliphatic hydroxyl groups is 1. The van der Waals surface area contributed by atoms with Gasteiger partial charge in [-0.05, 0) is 49.8 Å². The topological polar surface area (TPSA) is 62.9 Å². The fourth-order valence-corrected chi connectivity index (χ4v) is 4.09. The number of hydrogen-bond acceptors (Lipinski definition) is 5. The molecule has 0 saturated heterocycles. The molecule has 5 heteroatoms. The Morgan fingerprint density at radius 2 is 2.11 bits per heavy atom. The van der Waals surface area contributed by atoms with E-state index < -0.39 is 5.97 Å². The van der Waals surface area contributed by atoms with E-state index in [1.807, 2.05) is 13.0 Å². The summed E-state index contributed by atoms with van der Waals surface area (Å²) in [6.45, 7) is 4.63. The quantitative estimate of drug-likeness (QED) is 0.755. The van der Waals surface area contributed by atoms with Gasteiger partial charge < -0.3 is 14.3 Å². The Balaban J connectivity index is 1.84. The molecule has 0 fully saturated rings. The van der Waals surface area contributed by atoms with Crippen molar-refractivity contribution in [2.24, 2.45) is 0 Å². The molecule has 1 aromatic heterocycles. The van der Waals surface area contributed by atoms with E-state index in [1.165, 1.54) is 18.2 Å². The van der Waals surface area contributed by atoms with Gasteiger partial charge in [-0.3, -0.25) is 4.90 Å². The number of aliphatic hydroxyl groups excluding tert-OH is 1. The number of ether oxygens (including phenoxy) is 1. The maximum Gasteiger partial charge on any atom is 0.374 e. The standard InChI is InChI=1S/C22H29NO4/c1-4-18(14-24)23(13-20-11-15(2)21(27-20)22(25)26-3)19-10-9-16-7-5-6-8-17(16)12-19/h5-8,11,18-19,24H,4,9-10,12-14H2,1-3H3/t18-,19?/m0/s1. The van der Waals surface area contributed by atoms with Crippen molar-refractivity contribution in [1.29, 1.82) is 0 Å². The van der Waals surface area contributed by atoms with Crippen molar-refractivity contribution in [3.05, 3.63) is 58.5 Å². The van der Waals surface area contributed by atoms with Crippen LogP contribution in [0.1, 0.15) is 52.8 Å². The van der Waals surface area contributed by atoms with E-state index in [9.17, 15) is 9.90 Å². The van der Waals surface area contributed by atoms with Crippen LogP contribution >= 0.6 is 0 Å². The molecule has 0 aliphatic heterocycles. The van der Waals surface area contributed by atoms with Crippen molar-refractivity contribution in [1.82, 2.24) is 4.90 Å². The van der Waals surface area contributed by atoms with Crippen LogP contribution in [0, 0.1) is 6.92 Å². The zero-order valence-corrected chi connectivity index (χ0v) is 16.4. The van der Waals surface area contributed by atoms with Crippen LogP contribution in [0.4, 0.5) is 0 Å². The third kappa shape index (κ3) is 4.25. The highest BCUT2D eigenvalue weighted by Gasteiger charge is 2.30. The van der Waals surface area contributed by atoms with Gasteiger partial charge in [-0.15, -0.1) is 0 Å². The zero-order valence-electron chi connectivity index (χ0n) is 16.4. The molecule has 0 amide bonds. The lowest BCUT2D eigenvalue weighted by molar-refractivity contribution is 0.0521. The lowest BCUT2D eigenvalue weighted by atomic mass is 9.86. The first-order valence-electron chi connectivity index (χ1n) is 9.68. The summed E-state index contributed by atoms with van der Waals surface area (Å²) < 4.78 is 10.6. The normalized spacial score (nSPS) is 17.6. The second-order valence-electron chi connectivity index (χ2n) is 7.30. The number of aryl methyl sites for hydroxylation is 2. The molecule has 1 aromatic carbocycles. The van der Waals surface area contributed by atoms with Gasteiger partial charge in [0.2, 0.25) is 5.76 Å². The molecule has 146 valence electrons. The molecular weight excluding hydrogens is 342 g/mol. The average Bonchev–Trinajstić information content (AvgIpc) is 3.07. The molecule has 3 rings (SSSR count). The van der Waals surface area contributed by atoms with Gasteiger partial charge in [0.25, 0.3) is 0 Å². The van der Waals surface area contributed by atoms with Gasteiger partial charge in [0.05, 0.1) is 20.3 Å². The second kappa shape index (κ2) is 8.72. The molecule has 1 heterocycles. The minimum atomic E-state index is -0.453. The molecule has 0 radical (unpaired) electrons. The number of furan rings is 1. The van der Waals surface area contributed by atoms with Crippen LogP contribution in [0.5, 0.6) is 0 Å². The van der Waals surface area contributed by atoms with E-state index in [0.717, 1.165) is 37.0 Å². The molecule has 5 nitrogen and oxygen atoms in total. The zero-order chi connectivity index (χ0) is 19.4. The first kappa shape index (κ1) is 19.6. The molecule has 1 aliphatic carbocycles. The van der Waals surface area contributed by atoms with Gasteiger partial charge in [0, 0.05) is 17.6 Å². The summed E-state index contributed by atoms with van der Waals surface area (Å²) in [6.07, 6.45) is 3.93. The van der Waals surface area contributed by atoms with E-state index in [0.29, 0.717) is 12.6 Å². The highest BCUT2D eigenvalue weighted by atomic mass is 16.5. The average molecular weight is 371 g/mol. The Bertz CT molecular complexity index is 778. The second-order valence-corrected chi connectivity index (χ2v) is 7.30. The predicted molar refractivity (Wildman–Crippen MR) is 104 cm³/mol. The van der Waals surface area contributed by atoms with Crippen molar-refractivity contribution in [2.45, 2.75) is 58.2 Å². The van der Waals surface area contributed by atoms with Crippen LogP contribution in [-0.4, -0.2) is 41.8 Å². The van der Waals surface area contributed by atoms with E-state index in [1.54, 1.807) is 0 Å². The van der Waals surface area contributed by atoms with Gasteiger partial charge in [0.15, 0.2) is 0 Å². The van der Waals surface area contributed by atoms with Crippen LogP contribution in [0.25, 0.3) is 0 Å². The fraction of sp³-hybridized carbons (Fsp3) is 0.500. The van der Waals surface area contributed by atoms with Crippen molar-refractivity contribution in [3.63, 3.8) is 0 Å². The summed E-state index contributed by atoms with van der Waals surface area (Å²) in [5.74, 6) is 0.545. The largest absolute Gasteiger partial charge is 0.463 e. The fourth-order valence-electron chi connectivity index (χ4n) is 4.09. The highest BCUT2D eigenvalue weighted by molar-refractivity contribution is 5.87. The van der Waals surface area contributed by atoms with Crippen LogP contribution in [0.2, 0.25) is 0 Å². The summed E-state index contributed by atoms with van der Waals surface area (Å²) in [5, 5.41) is 9.94. The number of benzene rings is 1. The van der Waals surface area contributed by atoms with Crippen molar-refractivity contribution >= 4 is 5.97 Å². The monoisotopic (exact) mass is 371 g/mol. The lowest BCUT2D eigenvalue weighted by Crippen LogP contribution is -2.46. The third-order valence-corrected chi connectivity index (χ3v) is 5.62. The molecule has 1 N–H and O–H groups in total. The van der Waals surface area contributed by atoms with Crippen LogP contribution in [0.15, 0.2) is 34.7 Å². The lowest BCUT2D eigenvalue weighted by Gasteiger charge is -2.39. The molecule has 27 heavy (non-hydrogen) atoms. The first-order valence-corrected chi connectivity index (χ1v) is 9.68. The Morgan fingerprint density at radius 3 is 2.78 bits per heavy atom. The highest BCUT2D eigenvalue weighted by Crippen LogP contribution is 2.28. The predicted octanol–water partition coefficient (Wildman–Crippen LogP) is 3.51. The number of rotatable bonds is 7. The summed E-state index contributed by atoms with van der Waals surface area (Å²) in [5.41, 5.74) is 3.59. The number of hydrogen-bond donors (Lipinski definition) is 1. The Kier molecular flexibility index (Phi) is 6.34. The van der Waals surface area contributed by atoms with Gasteiger partial charge in [-0.2, -0.15) is 0 Å². The van der Waals surface area contributed by atoms with Gasteiger partial charge in [-0.1, -0.05) is 31.2 Å². The number of nitrogens with zero attached hydrogens (tertiary/aromatic N) is 1. The van der Waals surface area contributed by atoms with Crippen molar-refractivity contribution in [2.75, 3.05) is 13.7 Å². The van der Waals surface area contributed by atoms with Gasteiger partial charge >= 0.3 is 5.97 Å². The number of methoxy groups -OCH3 is 1. The van der Waals surface area contributed by atoms with Crippen molar-refractivity contribution in [3.8, 4) is 0 Å². The van der Waals surface area contributed by atoms with Crippen molar-refractivity contribution < 1.29 is 19.1 Å². The molecule has 0 bridgehead atoms.